The molecular weight excluding hydrogens is 434 g/mol. The van der Waals surface area contributed by atoms with Crippen LogP contribution in [0.3, 0.4) is 0 Å². The number of thioether (sulfide) groups is 2. The van der Waals surface area contributed by atoms with E-state index in [1.165, 1.54) is 22.0 Å². The minimum atomic E-state index is 0.00200. The molecule has 0 spiro atoms. The number of thiazole rings is 1. The number of benzene rings is 2. The monoisotopic (exact) mass is 455 g/mol. The maximum Gasteiger partial charge on any atom is 0.230 e. The van der Waals surface area contributed by atoms with E-state index < -0.39 is 0 Å². The quantitative estimate of drug-likeness (QED) is 0.376. The fraction of sp³-hybridized carbons (Fsp3) is 0.238. The summed E-state index contributed by atoms with van der Waals surface area (Å²) >= 11 is 4.77. The molecule has 1 amide bonds. The SMILES string of the molecule is CCNC(=O)CSc1nnc(CSc2nc3ccccc3s2)n1Cc1ccccc1. The summed E-state index contributed by atoms with van der Waals surface area (Å²) in [4.78, 5) is 16.6. The van der Waals surface area contributed by atoms with Crippen LogP contribution in [-0.4, -0.2) is 38.0 Å². The molecule has 0 fully saturated rings. The second kappa shape index (κ2) is 10.1. The number of rotatable bonds is 9. The minimum Gasteiger partial charge on any atom is -0.356 e. The third-order valence-corrected chi connectivity index (χ3v) is 7.42. The van der Waals surface area contributed by atoms with Gasteiger partial charge in [0.25, 0.3) is 0 Å². The van der Waals surface area contributed by atoms with Crippen molar-refractivity contribution < 1.29 is 4.79 Å². The van der Waals surface area contributed by atoms with E-state index in [4.69, 9.17) is 4.98 Å². The van der Waals surface area contributed by atoms with Crippen molar-refractivity contribution in [1.29, 1.82) is 0 Å². The number of nitrogens with zero attached hydrogens (tertiary/aromatic N) is 4. The Morgan fingerprint density at radius 2 is 1.87 bits per heavy atom. The zero-order valence-corrected chi connectivity index (χ0v) is 18.9. The molecular formula is C21H21N5OS3. The van der Waals surface area contributed by atoms with E-state index in [2.05, 4.69) is 38.3 Å². The molecule has 0 saturated heterocycles. The van der Waals surface area contributed by atoms with Crippen LogP contribution in [0, 0.1) is 0 Å². The number of aromatic nitrogens is 4. The average Bonchev–Trinajstić information content (AvgIpc) is 3.35. The summed E-state index contributed by atoms with van der Waals surface area (Å²) in [5.41, 5.74) is 2.19. The molecule has 4 rings (SSSR count). The minimum absolute atomic E-state index is 0.00200. The number of fused-ring (bicyclic) bond motifs is 1. The van der Waals surface area contributed by atoms with Crippen LogP contribution >= 0.6 is 34.9 Å². The normalized spacial score (nSPS) is 11.1. The van der Waals surface area contributed by atoms with Gasteiger partial charge in [-0.15, -0.1) is 21.5 Å². The van der Waals surface area contributed by atoms with Gasteiger partial charge in [-0.3, -0.25) is 4.79 Å². The lowest BCUT2D eigenvalue weighted by molar-refractivity contribution is -0.118. The fourth-order valence-corrected chi connectivity index (χ4v) is 5.67. The Morgan fingerprint density at radius 1 is 1.07 bits per heavy atom. The van der Waals surface area contributed by atoms with Gasteiger partial charge in [-0.2, -0.15) is 0 Å². The first-order valence-corrected chi connectivity index (χ1v) is 12.4. The first-order chi connectivity index (χ1) is 14.7. The Hall–Kier alpha value is -2.36. The van der Waals surface area contributed by atoms with E-state index in [1.54, 1.807) is 23.1 Å². The molecule has 6 nitrogen and oxygen atoms in total. The molecule has 0 aliphatic carbocycles. The van der Waals surface area contributed by atoms with Gasteiger partial charge in [0.15, 0.2) is 9.50 Å². The van der Waals surface area contributed by atoms with Crippen molar-refractivity contribution in [3.8, 4) is 0 Å². The molecule has 2 aromatic heterocycles. The molecule has 9 heteroatoms. The smallest absolute Gasteiger partial charge is 0.230 e. The van der Waals surface area contributed by atoms with E-state index in [1.807, 2.05) is 43.3 Å². The van der Waals surface area contributed by atoms with Crippen molar-refractivity contribution in [2.75, 3.05) is 12.3 Å². The molecule has 0 atom stereocenters. The van der Waals surface area contributed by atoms with Gasteiger partial charge in [-0.25, -0.2) is 4.98 Å². The maximum absolute atomic E-state index is 11.9. The van der Waals surface area contributed by atoms with Gasteiger partial charge in [0, 0.05) is 6.54 Å². The van der Waals surface area contributed by atoms with Crippen molar-refractivity contribution in [2.45, 2.75) is 28.7 Å². The van der Waals surface area contributed by atoms with Crippen LogP contribution in [0.1, 0.15) is 18.3 Å². The molecule has 0 aliphatic heterocycles. The maximum atomic E-state index is 11.9. The summed E-state index contributed by atoms with van der Waals surface area (Å²) in [7, 11) is 0. The number of para-hydroxylation sites is 1. The molecule has 30 heavy (non-hydrogen) atoms. The molecule has 0 unspecified atom stereocenters. The largest absolute Gasteiger partial charge is 0.356 e. The Balaban J connectivity index is 1.52. The van der Waals surface area contributed by atoms with Crippen molar-refractivity contribution in [3.05, 3.63) is 66.0 Å². The lowest BCUT2D eigenvalue weighted by Gasteiger charge is -2.10. The van der Waals surface area contributed by atoms with Crippen LogP contribution in [-0.2, 0) is 17.1 Å². The number of carbonyl (C=O) groups excluding carboxylic acids is 1. The number of carbonyl (C=O) groups is 1. The summed E-state index contributed by atoms with van der Waals surface area (Å²) in [5.74, 6) is 1.87. The predicted octanol–water partition coefficient (Wildman–Crippen LogP) is 4.46. The summed E-state index contributed by atoms with van der Waals surface area (Å²) in [6.45, 7) is 3.21. The first-order valence-electron chi connectivity index (χ1n) is 9.57. The third-order valence-electron chi connectivity index (χ3n) is 4.28. The van der Waals surface area contributed by atoms with E-state index in [0.717, 1.165) is 20.8 Å². The lowest BCUT2D eigenvalue weighted by atomic mass is 10.2. The molecule has 0 saturated carbocycles. The van der Waals surface area contributed by atoms with Crippen molar-refractivity contribution in [1.82, 2.24) is 25.1 Å². The molecule has 0 radical (unpaired) electrons. The second-order valence-corrected chi connectivity index (χ2v) is 9.64. The molecule has 0 aliphatic rings. The van der Waals surface area contributed by atoms with Crippen LogP contribution in [0.25, 0.3) is 10.2 Å². The van der Waals surface area contributed by atoms with Crippen molar-refractivity contribution in [2.24, 2.45) is 0 Å². The summed E-state index contributed by atoms with van der Waals surface area (Å²) < 4.78 is 4.30. The van der Waals surface area contributed by atoms with Gasteiger partial charge in [0.2, 0.25) is 5.91 Å². The molecule has 4 aromatic rings. The van der Waals surface area contributed by atoms with Gasteiger partial charge in [-0.05, 0) is 24.6 Å². The van der Waals surface area contributed by atoms with Crippen LogP contribution in [0.2, 0.25) is 0 Å². The van der Waals surface area contributed by atoms with Crippen molar-refractivity contribution >= 4 is 51.0 Å². The number of hydrogen-bond acceptors (Lipinski definition) is 7. The Bertz CT molecular complexity index is 1090. The third kappa shape index (κ3) is 5.21. The van der Waals surface area contributed by atoms with E-state index >= 15 is 0 Å². The Kier molecular flexibility index (Phi) is 7.03. The highest BCUT2D eigenvalue weighted by atomic mass is 32.2. The lowest BCUT2D eigenvalue weighted by Crippen LogP contribution is -2.24. The summed E-state index contributed by atoms with van der Waals surface area (Å²) in [6.07, 6.45) is 0. The van der Waals surface area contributed by atoms with Gasteiger partial charge in [0.1, 0.15) is 5.82 Å². The van der Waals surface area contributed by atoms with E-state index in [-0.39, 0.29) is 5.91 Å². The van der Waals surface area contributed by atoms with Gasteiger partial charge in [0.05, 0.1) is 28.3 Å². The van der Waals surface area contributed by atoms with E-state index in [0.29, 0.717) is 24.6 Å². The highest BCUT2D eigenvalue weighted by Crippen LogP contribution is 2.31. The van der Waals surface area contributed by atoms with Crippen molar-refractivity contribution in [3.63, 3.8) is 0 Å². The second-order valence-electron chi connectivity index (χ2n) is 6.45. The molecule has 1 N–H and O–H groups in total. The average molecular weight is 456 g/mol. The number of nitrogens with one attached hydrogen (secondary N) is 1. The Labute approximate surface area is 187 Å². The Morgan fingerprint density at radius 3 is 2.67 bits per heavy atom. The molecule has 2 aromatic carbocycles. The van der Waals surface area contributed by atoms with Crippen LogP contribution in [0.4, 0.5) is 0 Å². The zero-order valence-electron chi connectivity index (χ0n) is 16.4. The van der Waals surface area contributed by atoms with Crippen LogP contribution < -0.4 is 5.32 Å². The molecule has 154 valence electrons. The number of amides is 1. The highest BCUT2D eigenvalue weighted by molar-refractivity contribution is 8.00. The number of hydrogen-bond donors (Lipinski definition) is 1. The summed E-state index contributed by atoms with van der Waals surface area (Å²) in [6, 6.07) is 18.4. The summed E-state index contributed by atoms with van der Waals surface area (Å²) in [5, 5.41) is 12.4. The predicted molar refractivity (Wildman–Crippen MR) is 124 cm³/mol. The molecule has 2 heterocycles. The topological polar surface area (TPSA) is 72.7 Å². The highest BCUT2D eigenvalue weighted by Gasteiger charge is 2.16. The first kappa shape index (κ1) is 20.9. The van der Waals surface area contributed by atoms with E-state index in [9.17, 15) is 4.79 Å². The molecule has 0 bridgehead atoms. The zero-order chi connectivity index (χ0) is 20.8. The van der Waals surface area contributed by atoms with Gasteiger partial charge < -0.3 is 9.88 Å². The van der Waals surface area contributed by atoms with Gasteiger partial charge in [-0.1, -0.05) is 66.0 Å². The van der Waals surface area contributed by atoms with Gasteiger partial charge >= 0.3 is 0 Å². The van der Waals surface area contributed by atoms with Crippen LogP contribution in [0.15, 0.2) is 64.1 Å². The van der Waals surface area contributed by atoms with Crippen LogP contribution in [0.5, 0.6) is 0 Å². The fourth-order valence-electron chi connectivity index (χ4n) is 2.87. The standard InChI is InChI=1S/C21H21N5OS3/c1-2-22-19(27)14-28-20-25-24-18(26(20)12-15-8-4-3-5-9-15)13-29-21-23-16-10-6-7-11-17(16)30-21/h3-11H,2,12-14H2,1H3,(H,22,27).